The summed E-state index contributed by atoms with van der Waals surface area (Å²) in [5.74, 6) is -0.289. The van der Waals surface area contributed by atoms with Crippen LogP contribution in [0.15, 0.2) is 30.3 Å². The van der Waals surface area contributed by atoms with Crippen molar-refractivity contribution < 1.29 is 20.1 Å². The standard InChI is InChI=1S/C17H25N3O4/c1-20(2)12-6-3-11(4-7-12)5-8-15(22)18-9-13-16(23)17(24)14(10-21)19-13/h3-8,13-14,16-17,19,21,23-24H,9-10H2,1-2H3,(H,18,22)/b8-5+/t13-,14-,16-,17-/m1/s1. The van der Waals surface area contributed by atoms with Crippen molar-refractivity contribution in [2.24, 2.45) is 0 Å². The van der Waals surface area contributed by atoms with Crippen LogP contribution >= 0.6 is 0 Å². The van der Waals surface area contributed by atoms with Crippen molar-refractivity contribution >= 4 is 17.7 Å². The maximum Gasteiger partial charge on any atom is 0.244 e. The van der Waals surface area contributed by atoms with Crippen molar-refractivity contribution in [1.29, 1.82) is 0 Å². The number of aliphatic hydroxyl groups is 3. The Morgan fingerprint density at radius 2 is 1.83 bits per heavy atom. The summed E-state index contributed by atoms with van der Waals surface area (Å²) in [4.78, 5) is 13.9. The van der Waals surface area contributed by atoms with E-state index in [4.69, 9.17) is 5.11 Å². The van der Waals surface area contributed by atoms with Crippen LogP contribution in [0.3, 0.4) is 0 Å². The third-order valence-electron chi connectivity index (χ3n) is 4.13. The van der Waals surface area contributed by atoms with Crippen LogP contribution in [-0.2, 0) is 4.79 Å². The molecule has 7 heteroatoms. The van der Waals surface area contributed by atoms with Gasteiger partial charge in [0.2, 0.25) is 5.91 Å². The summed E-state index contributed by atoms with van der Waals surface area (Å²) in [5, 5.41) is 34.2. The van der Waals surface area contributed by atoms with Crippen molar-refractivity contribution in [2.45, 2.75) is 24.3 Å². The largest absolute Gasteiger partial charge is 0.395 e. The van der Waals surface area contributed by atoms with Crippen LogP contribution in [-0.4, -0.2) is 72.8 Å². The van der Waals surface area contributed by atoms with Crippen LogP contribution in [0.4, 0.5) is 5.69 Å². The van der Waals surface area contributed by atoms with Gasteiger partial charge in [-0.3, -0.25) is 4.79 Å². The van der Waals surface area contributed by atoms with Crippen molar-refractivity contribution in [2.75, 3.05) is 32.1 Å². The molecule has 24 heavy (non-hydrogen) atoms. The number of amides is 1. The zero-order valence-corrected chi connectivity index (χ0v) is 13.9. The second-order valence-electron chi connectivity index (χ2n) is 6.11. The topological polar surface area (TPSA) is 105 Å². The second kappa shape index (κ2) is 8.25. The number of carbonyl (C=O) groups excluding carboxylic acids is 1. The van der Waals surface area contributed by atoms with Crippen LogP contribution in [0.25, 0.3) is 6.08 Å². The molecule has 1 aromatic rings. The quantitative estimate of drug-likeness (QED) is 0.424. The van der Waals surface area contributed by atoms with E-state index in [-0.39, 0.29) is 19.1 Å². The first kappa shape index (κ1) is 18.4. The average Bonchev–Trinajstić information content (AvgIpc) is 2.86. The molecule has 0 bridgehead atoms. The highest BCUT2D eigenvalue weighted by molar-refractivity contribution is 5.91. The maximum atomic E-state index is 11.9. The van der Waals surface area contributed by atoms with Gasteiger partial charge in [-0.15, -0.1) is 0 Å². The Labute approximate surface area is 141 Å². The van der Waals surface area contributed by atoms with Crippen molar-refractivity contribution in [1.82, 2.24) is 10.6 Å². The summed E-state index contributed by atoms with van der Waals surface area (Å²) in [7, 11) is 3.92. The molecule has 1 aliphatic rings. The fraction of sp³-hybridized carbons (Fsp3) is 0.471. The van der Waals surface area contributed by atoms with E-state index in [1.54, 1.807) is 6.08 Å². The van der Waals surface area contributed by atoms with Crippen LogP contribution in [0.1, 0.15) is 5.56 Å². The molecule has 0 aliphatic carbocycles. The summed E-state index contributed by atoms with van der Waals surface area (Å²) in [6, 6.07) is 6.70. The first-order valence-corrected chi connectivity index (χ1v) is 7.88. The molecule has 7 nitrogen and oxygen atoms in total. The number of benzene rings is 1. The minimum Gasteiger partial charge on any atom is -0.395 e. The molecule has 1 heterocycles. The van der Waals surface area contributed by atoms with E-state index in [1.165, 1.54) is 6.08 Å². The molecular formula is C17H25N3O4. The first-order valence-electron chi connectivity index (χ1n) is 7.88. The number of rotatable bonds is 6. The highest BCUT2D eigenvalue weighted by Gasteiger charge is 2.40. The molecule has 2 rings (SSSR count). The molecule has 0 spiro atoms. The molecule has 0 unspecified atom stereocenters. The molecule has 4 atom stereocenters. The van der Waals surface area contributed by atoms with Gasteiger partial charge in [0.25, 0.3) is 0 Å². The third kappa shape index (κ3) is 4.55. The van der Waals surface area contributed by atoms with E-state index in [9.17, 15) is 15.0 Å². The molecule has 5 N–H and O–H groups in total. The van der Waals surface area contributed by atoms with E-state index < -0.39 is 24.3 Å². The van der Waals surface area contributed by atoms with E-state index >= 15 is 0 Å². The molecule has 0 saturated carbocycles. The molecule has 0 radical (unpaired) electrons. The minimum absolute atomic E-state index is 0.164. The number of nitrogens with one attached hydrogen (secondary N) is 2. The van der Waals surface area contributed by atoms with Gasteiger partial charge >= 0.3 is 0 Å². The van der Waals surface area contributed by atoms with Gasteiger partial charge in [-0.2, -0.15) is 0 Å². The van der Waals surface area contributed by atoms with Gasteiger partial charge in [-0.05, 0) is 23.8 Å². The molecule has 1 aliphatic heterocycles. The number of anilines is 1. The van der Waals surface area contributed by atoms with E-state index in [1.807, 2.05) is 43.3 Å². The Bertz CT molecular complexity index is 574. The maximum absolute atomic E-state index is 11.9. The highest BCUT2D eigenvalue weighted by atomic mass is 16.3. The first-order chi connectivity index (χ1) is 11.4. The second-order valence-corrected chi connectivity index (χ2v) is 6.11. The average molecular weight is 335 g/mol. The zero-order chi connectivity index (χ0) is 17.7. The van der Waals surface area contributed by atoms with Gasteiger partial charge < -0.3 is 30.9 Å². The monoisotopic (exact) mass is 335 g/mol. The number of hydrogen-bond acceptors (Lipinski definition) is 6. The van der Waals surface area contributed by atoms with Crippen molar-refractivity contribution in [3.8, 4) is 0 Å². The smallest absolute Gasteiger partial charge is 0.244 e. The third-order valence-corrected chi connectivity index (χ3v) is 4.13. The predicted molar refractivity (Wildman–Crippen MR) is 92.6 cm³/mol. The SMILES string of the molecule is CN(C)c1ccc(/C=C/C(=O)NC[C@H]2N[C@H](CO)[C@@H](O)[C@@H]2O)cc1. The Hall–Kier alpha value is -1.93. The fourth-order valence-electron chi connectivity index (χ4n) is 2.61. The van der Waals surface area contributed by atoms with Crippen molar-refractivity contribution in [3.05, 3.63) is 35.9 Å². The molecule has 1 saturated heterocycles. The lowest BCUT2D eigenvalue weighted by Gasteiger charge is -2.15. The molecule has 1 amide bonds. The molecule has 0 aromatic heterocycles. The number of carbonyl (C=O) groups is 1. The Balaban J connectivity index is 1.83. The van der Waals surface area contributed by atoms with Crippen LogP contribution < -0.4 is 15.5 Å². The van der Waals surface area contributed by atoms with Gasteiger partial charge in [-0.1, -0.05) is 12.1 Å². The Morgan fingerprint density at radius 1 is 1.21 bits per heavy atom. The summed E-state index contributed by atoms with van der Waals surface area (Å²) < 4.78 is 0. The summed E-state index contributed by atoms with van der Waals surface area (Å²) in [6.07, 6.45) is 1.07. The van der Waals surface area contributed by atoms with Gasteiger partial charge in [-0.25, -0.2) is 0 Å². The van der Waals surface area contributed by atoms with Gasteiger partial charge in [0.1, 0.15) is 0 Å². The number of hydrogen-bond donors (Lipinski definition) is 5. The van der Waals surface area contributed by atoms with E-state index in [0.717, 1.165) is 11.3 Å². The molecule has 1 aromatic carbocycles. The molecule has 132 valence electrons. The number of nitrogens with zero attached hydrogens (tertiary/aromatic N) is 1. The minimum atomic E-state index is -1.04. The summed E-state index contributed by atoms with van der Waals surface area (Å²) >= 11 is 0. The lowest BCUT2D eigenvalue weighted by Crippen LogP contribution is -2.43. The lowest BCUT2D eigenvalue weighted by atomic mass is 10.1. The lowest BCUT2D eigenvalue weighted by molar-refractivity contribution is -0.116. The predicted octanol–water partition coefficient (Wildman–Crippen LogP) is -1.06. The van der Waals surface area contributed by atoms with E-state index in [0.29, 0.717) is 0 Å². The Kier molecular flexibility index (Phi) is 6.33. The van der Waals surface area contributed by atoms with Gasteiger partial charge in [0.05, 0.1) is 30.9 Å². The number of aliphatic hydroxyl groups excluding tert-OH is 3. The zero-order valence-electron chi connectivity index (χ0n) is 13.9. The van der Waals surface area contributed by atoms with E-state index in [2.05, 4.69) is 10.6 Å². The van der Waals surface area contributed by atoms with Gasteiger partial charge in [0, 0.05) is 32.4 Å². The van der Waals surface area contributed by atoms with Crippen LogP contribution in [0, 0.1) is 0 Å². The summed E-state index contributed by atoms with van der Waals surface area (Å²) in [6.45, 7) is -0.108. The van der Waals surface area contributed by atoms with Crippen molar-refractivity contribution in [3.63, 3.8) is 0 Å². The highest BCUT2D eigenvalue weighted by Crippen LogP contribution is 2.14. The fourth-order valence-corrected chi connectivity index (χ4v) is 2.61. The normalized spacial score (nSPS) is 26.7. The summed E-state index contributed by atoms with van der Waals surface area (Å²) in [5.41, 5.74) is 1.99. The van der Waals surface area contributed by atoms with Crippen LogP contribution in [0.2, 0.25) is 0 Å². The van der Waals surface area contributed by atoms with Gasteiger partial charge in [0.15, 0.2) is 0 Å². The molecule has 1 fully saturated rings. The van der Waals surface area contributed by atoms with Crippen LogP contribution in [0.5, 0.6) is 0 Å². The molecular weight excluding hydrogens is 310 g/mol. The Morgan fingerprint density at radius 3 is 2.38 bits per heavy atom.